The smallest absolute Gasteiger partial charge is 0.243 e. The van der Waals surface area contributed by atoms with Crippen LogP contribution in [0.4, 0.5) is 0 Å². The lowest BCUT2D eigenvalue weighted by atomic mass is 9.99. The van der Waals surface area contributed by atoms with E-state index in [4.69, 9.17) is 0 Å². The molecule has 2 fully saturated rings. The SMILES string of the molecule is CCCCCCCCCCCCCCCC(=O)N(CCC1CCCN1C)C(C(=O)NCCCCCCCNC(=O)C(C(C)C)N(CCC1CCCN1C)C(=O)CCCCCCCCCCCCCCC)C(C)C. The highest BCUT2D eigenvalue weighted by Gasteiger charge is 2.35. The van der Waals surface area contributed by atoms with Crippen molar-refractivity contribution in [2.45, 2.75) is 316 Å². The van der Waals surface area contributed by atoms with Crippen LogP contribution in [-0.2, 0) is 19.2 Å². The fourth-order valence-electron chi connectivity index (χ4n) is 12.0. The van der Waals surface area contributed by atoms with Gasteiger partial charge in [-0.05, 0) is 103 Å². The summed E-state index contributed by atoms with van der Waals surface area (Å²) in [6.07, 6.45) is 45.8. The third-order valence-corrected chi connectivity index (χ3v) is 16.8. The quantitative estimate of drug-likeness (QED) is 0.0588. The molecule has 4 amide bonds. The van der Waals surface area contributed by atoms with Crippen LogP contribution in [0.3, 0.4) is 0 Å². The molecule has 10 nitrogen and oxygen atoms in total. The number of hydrogen-bond acceptors (Lipinski definition) is 6. The Morgan fingerprint density at radius 3 is 0.959 bits per heavy atom. The summed E-state index contributed by atoms with van der Waals surface area (Å²) < 4.78 is 0. The summed E-state index contributed by atoms with van der Waals surface area (Å²) in [5.74, 6) is 0.332. The fraction of sp³-hybridized carbons (Fsp3) is 0.937. The molecule has 428 valence electrons. The van der Waals surface area contributed by atoms with Crippen molar-refractivity contribution >= 4 is 23.6 Å². The summed E-state index contributed by atoms with van der Waals surface area (Å²) in [5.41, 5.74) is 0. The van der Waals surface area contributed by atoms with Gasteiger partial charge >= 0.3 is 0 Å². The minimum Gasteiger partial charge on any atom is -0.354 e. The number of likely N-dealkylation sites (tertiary alicyclic amines) is 2. The zero-order valence-corrected chi connectivity index (χ0v) is 49.7. The van der Waals surface area contributed by atoms with Gasteiger partial charge < -0.3 is 30.2 Å². The van der Waals surface area contributed by atoms with Crippen LogP contribution in [0.15, 0.2) is 0 Å². The Bertz CT molecular complexity index is 1280. The largest absolute Gasteiger partial charge is 0.354 e. The normalized spacial score (nSPS) is 17.2. The zero-order chi connectivity index (χ0) is 53.3. The van der Waals surface area contributed by atoms with Gasteiger partial charge in [-0.15, -0.1) is 0 Å². The van der Waals surface area contributed by atoms with Crippen LogP contribution in [0.2, 0.25) is 0 Å². The predicted octanol–water partition coefficient (Wildman–Crippen LogP) is 14.8. The first-order chi connectivity index (χ1) is 35.4. The number of nitrogens with one attached hydrogen (secondary N) is 2. The average Bonchev–Trinajstić information content (AvgIpc) is 3.98. The predicted molar refractivity (Wildman–Crippen MR) is 311 cm³/mol. The van der Waals surface area contributed by atoms with E-state index >= 15 is 0 Å². The molecule has 2 saturated heterocycles. The van der Waals surface area contributed by atoms with Crippen molar-refractivity contribution < 1.29 is 19.2 Å². The van der Waals surface area contributed by atoms with Gasteiger partial charge in [-0.25, -0.2) is 0 Å². The van der Waals surface area contributed by atoms with Gasteiger partial charge in [0.05, 0.1) is 0 Å². The Balaban J connectivity index is 1.78. The average molecular weight is 1030 g/mol. The zero-order valence-electron chi connectivity index (χ0n) is 49.7. The Morgan fingerprint density at radius 2 is 0.699 bits per heavy atom. The molecule has 0 aromatic carbocycles. The Morgan fingerprint density at radius 1 is 0.425 bits per heavy atom. The molecule has 0 aromatic heterocycles. The molecule has 0 saturated carbocycles. The van der Waals surface area contributed by atoms with E-state index in [0.717, 1.165) is 83.7 Å². The molecule has 4 atom stereocenters. The van der Waals surface area contributed by atoms with Gasteiger partial charge in [0.15, 0.2) is 0 Å². The summed E-state index contributed by atoms with van der Waals surface area (Å²) in [7, 11) is 4.39. The number of rotatable bonds is 48. The van der Waals surface area contributed by atoms with Crippen LogP contribution in [0.25, 0.3) is 0 Å². The standard InChI is InChI=1S/C63H122N6O4/c1-9-11-13-15-17-19-21-23-25-27-29-32-36-44-58(70)68(52-46-56-42-40-50-66(56)7)60(54(3)4)62(72)64-48-38-34-31-35-39-49-65-63(73)61(55(5)6)69(53-47-57-43-41-51-67(57)8)59(71)45-37-33-30-28-26-24-22-20-18-16-14-12-10-2/h54-57,60-61H,9-53H2,1-8H3,(H,64,72)(H,65,73). The van der Waals surface area contributed by atoms with E-state index < -0.39 is 12.1 Å². The molecule has 2 heterocycles. The highest BCUT2D eigenvalue weighted by Crippen LogP contribution is 2.24. The van der Waals surface area contributed by atoms with Gasteiger partial charge in [-0.3, -0.25) is 19.2 Å². The topological polar surface area (TPSA) is 105 Å². The highest BCUT2D eigenvalue weighted by atomic mass is 16.2. The van der Waals surface area contributed by atoms with Crippen molar-refractivity contribution in [1.82, 2.24) is 30.2 Å². The molecule has 0 radical (unpaired) electrons. The Labute approximate surface area is 452 Å². The second-order valence-corrected chi connectivity index (χ2v) is 24.0. The van der Waals surface area contributed by atoms with Crippen LogP contribution in [-0.4, -0.2) is 121 Å². The molecule has 4 unspecified atom stereocenters. The number of carbonyl (C=O) groups is 4. The minimum atomic E-state index is -0.450. The molecule has 0 aromatic rings. The molecule has 2 rings (SSSR count). The lowest BCUT2D eigenvalue weighted by Crippen LogP contribution is -2.53. The number of hydrogen-bond donors (Lipinski definition) is 2. The van der Waals surface area contributed by atoms with Crippen molar-refractivity contribution in [3.63, 3.8) is 0 Å². The van der Waals surface area contributed by atoms with Gasteiger partial charge in [-0.2, -0.15) is 0 Å². The summed E-state index contributed by atoms with van der Waals surface area (Å²) >= 11 is 0. The first kappa shape index (κ1) is 66.9. The summed E-state index contributed by atoms with van der Waals surface area (Å²) in [4.78, 5) is 64.5. The van der Waals surface area contributed by atoms with Gasteiger partial charge in [0.2, 0.25) is 23.6 Å². The molecule has 2 aliphatic rings. The second kappa shape index (κ2) is 43.9. The van der Waals surface area contributed by atoms with Gasteiger partial charge in [0.1, 0.15) is 12.1 Å². The summed E-state index contributed by atoms with van der Waals surface area (Å²) in [6.45, 7) is 17.6. The molecule has 2 aliphatic heterocycles. The van der Waals surface area contributed by atoms with Crippen molar-refractivity contribution in [1.29, 1.82) is 0 Å². The van der Waals surface area contributed by atoms with E-state index in [1.807, 2.05) is 9.80 Å². The number of unbranched alkanes of at least 4 members (excludes halogenated alkanes) is 28. The Hall–Kier alpha value is -2.20. The maximum absolute atomic E-state index is 14.0. The molecule has 0 spiro atoms. The molecule has 0 aliphatic carbocycles. The van der Waals surface area contributed by atoms with E-state index in [1.54, 1.807) is 0 Å². The number of amides is 4. The summed E-state index contributed by atoms with van der Waals surface area (Å²) in [5, 5.41) is 6.49. The number of carbonyl (C=O) groups excluding carboxylic acids is 4. The van der Waals surface area contributed by atoms with Crippen molar-refractivity contribution in [2.24, 2.45) is 11.8 Å². The third-order valence-electron chi connectivity index (χ3n) is 16.8. The van der Waals surface area contributed by atoms with E-state index in [-0.39, 0.29) is 35.5 Å². The molecule has 2 N–H and O–H groups in total. The van der Waals surface area contributed by atoms with Gasteiger partial charge in [-0.1, -0.05) is 215 Å². The van der Waals surface area contributed by atoms with Crippen LogP contribution in [0, 0.1) is 11.8 Å². The molecule has 73 heavy (non-hydrogen) atoms. The maximum atomic E-state index is 14.0. The van der Waals surface area contributed by atoms with Crippen molar-refractivity contribution in [2.75, 3.05) is 53.4 Å². The van der Waals surface area contributed by atoms with E-state index in [1.165, 1.54) is 167 Å². The molecular formula is C63H122N6O4. The van der Waals surface area contributed by atoms with Gasteiger partial charge in [0, 0.05) is 51.1 Å². The highest BCUT2D eigenvalue weighted by molar-refractivity contribution is 5.88. The van der Waals surface area contributed by atoms with Crippen molar-refractivity contribution in [3.8, 4) is 0 Å². The molecular weight excluding hydrogens is 905 g/mol. The minimum absolute atomic E-state index is 0.0111. The van der Waals surface area contributed by atoms with E-state index in [0.29, 0.717) is 51.1 Å². The fourth-order valence-corrected chi connectivity index (χ4v) is 12.0. The second-order valence-electron chi connectivity index (χ2n) is 24.0. The lowest BCUT2D eigenvalue weighted by Gasteiger charge is -2.35. The maximum Gasteiger partial charge on any atom is 0.243 e. The van der Waals surface area contributed by atoms with Gasteiger partial charge in [0.25, 0.3) is 0 Å². The Kier molecular flexibility index (Phi) is 40.2. The summed E-state index contributed by atoms with van der Waals surface area (Å²) in [6, 6.07) is 0.0514. The molecule has 0 bridgehead atoms. The first-order valence-electron chi connectivity index (χ1n) is 32.0. The monoisotopic (exact) mass is 1030 g/mol. The lowest BCUT2D eigenvalue weighted by molar-refractivity contribution is -0.142. The molecule has 10 heteroatoms. The van der Waals surface area contributed by atoms with Crippen molar-refractivity contribution in [3.05, 3.63) is 0 Å². The van der Waals surface area contributed by atoms with E-state index in [2.05, 4.69) is 76.1 Å². The van der Waals surface area contributed by atoms with Crippen LogP contribution < -0.4 is 10.6 Å². The third kappa shape index (κ3) is 31.0. The van der Waals surface area contributed by atoms with Crippen LogP contribution in [0.1, 0.15) is 292 Å². The first-order valence-corrected chi connectivity index (χ1v) is 32.0. The van der Waals surface area contributed by atoms with Crippen LogP contribution >= 0.6 is 0 Å². The van der Waals surface area contributed by atoms with Crippen LogP contribution in [0.5, 0.6) is 0 Å². The number of nitrogens with zero attached hydrogens (tertiary/aromatic N) is 4. The van der Waals surface area contributed by atoms with E-state index in [9.17, 15) is 19.2 Å².